The van der Waals surface area contributed by atoms with Crippen LogP contribution in [0.1, 0.15) is 19.3 Å². The monoisotopic (exact) mass is 156 g/mol. The van der Waals surface area contributed by atoms with Crippen LogP contribution in [0, 0.1) is 0 Å². The van der Waals surface area contributed by atoms with E-state index in [1.807, 2.05) is 0 Å². The second-order valence-electron chi connectivity index (χ2n) is 2.59. The van der Waals surface area contributed by atoms with Gasteiger partial charge in [0.1, 0.15) is 7.85 Å². The third kappa shape index (κ3) is 4.00. The van der Waals surface area contributed by atoms with E-state index < -0.39 is 11.4 Å². The van der Waals surface area contributed by atoms with Crippen molar-refractivity contribution in [2.45, 2.75) is 24.7 Å². The van der Waals surface area contributed by atoms with Crippen molar-refractivity contribution in [1.82, 2.24) is 0 Å². The van der Waals surface area contributed by atoms with Gasteiger partial charge in [-0.05, 0) is 19.4 Å². The predicted octanol–water partition coefficient (Wildman–Crippen LogP) is -0.976. The molecule has 0 aromatic carbocycles. The van der Waals surface area contributed by atoms with Crippen molar-refractivity contribution in [2.24, 2.45) is 11.5 Å². The fraction of sp³-hybridized carbons (Fsp3) is 0.833. The zero-order valence-electron chi connectivity index (χ0n) is 6.42. The molecule has 2 radical (unpaired) electrons. The van der Waals surface area contributed by atoms with Gasteiger partial charge >= 0.3 is 5.97 Å². The lowest BCUT2D eigenvalue weighted by Gasteiger charge is -2.18. The number of hydrogen-bond acceptors (Lipinski definition) is 3. The topological polar surface area (TPSA) is 89.3 Å². The average Bonchev–Trinajstić information content (AvgIpc) is 1.88. The lowest BCUT2D eigenvalue weighted by atomic mass is 9.75. The van der Waals surface area contributed by atoms with Crippen molar-refractivity contribution in [3.05, 3.63) is 0 Å². The molecular formula is C6H13BN2O2. The first-order chi connectivity index (χ1) is 5.00. The molecule has 0 aromatic rings. The minimum absolute atomic E-state index is 0.263. The molecule has 1 unspecified atom stereocenters. The van der Waals surface area contributed by atoms with Crippen molar-refractivity contribution in [3.8, 4) is 0 Å². The van der Waals surface area contributed by atoms with Gasteiger partial charge in [-0.1, -0.05) is 6.42 Å². The van der Waals surface area contributed by atoms with Crippen molar-refractivity contribution in [1.29, 1.82) is 0 Å². The van der Waals surface area contributed by atoms with E-state index in [2.05, 4.69) is 0 Å². The highest BCUT2D eigenvalue weighted by atomic mass is 16.4. The smallest absolute Gasteiger partial charge is 0.314 e. The van der Waals surface area contributed by atoms with Gasteiger partial charge in [0.15, 0.2) is 0 Å². The van der Waals surface area contributed by atoms with E-state index in [9.17, 15) is 4.79 Å². The van der Waals surface area contributed by atoms with Crippen molar-refractivity contribution in [3.63, 3.8) is 0 Å². The number of hydrogen-bond donors (Lipinski definition) is 3. The Bertz CT molecular complexity index is 139. The van der Waals surface area contributed by atoms with Gasteiger partial charge in [-0.25, -0.2) is 0 Å². The highest BCUT2D eigenvalue weighted by Crippen LogP contribution is 2.06. The van der Waals surface area contributed by atoms with Gasteiger partial charge in [0.25, 0.3) is 0 Å². The van der Waals surface area contributed by atoms with E-state index >= 15 is 0 Å². The highest BCUT2D eigenvalue weighted by Gasteiger charge is 2.25. The zero-order valence-corrected chi connectivity index (χ0v) is 6.42. The fourth-order valence-electron chi connectivity index (χ4n) is 0.669. The molecule has 0 bridgehead atoms. The van der Waals surface area contributed by atoms with Crippen molar-refractivity contribution < 1.29 is 9.90 Å². The first-order valence-corrected chi connectivity index (χ1v) is 3.52. The summed E-state index contributed by atoms with van der Waals surface area (Å²) in [7, 11) is 5.24. The number of carboxylic acids is 1. The largest absolute Gasteiger partial charge is 0.480 e. The molecule has 0 aliphatic rings. The molecule has 0 aliphatic carbocycles. The Morgan fingerprint density at radius 1 is 1.55 bits per heavy atom. The van der Waals surface area contributed by atoms with Gasteiger partial charge in [0.05, 0.1) is 5.44 Å². The summed E-state index contributed by atoms with van der Waals surface area (Å²) in [6, 6.07) is 0. The zero-order chi connectivity index (χ0) is 8.91. The van der Waals surface area contributed by atoms with Gasteiger partial charge in [-0.15, -0.1) is 0 Å². The summed E-state index contributed by atoms with van der Waals surface area (Å²) in [5.74, 6) is -1.17. The fourth-order valence-corrected chi connectivity index (χ4v) is 0.669. The standard InChI is InChI=1S/C6H13BN2O2/c7-6(9,5(10)11)3-1-2-4-8/h1-4,8-9H2,(H,10,11). The summed E-state index contributed by atoms with van der Waals surface area (Å²) >= 11 is 0. The minimum Gasteiger partial charge on any atom is -0.480 e. The van der Waals surface area contributed by atoms with E-state index in [0.717, 1.165) is 6.42 Å². The number of carbonyl (C=O) groups is 1. The first-order valence-electron chi connectivity index (χ1n) is 3.52. The third-order valence-electron chi connectivity index (χ3n) is 1.44. The second-order valence-corrected chi connectivity index (χ2v) is 2.59. The van der Waals surface area contributed by atoms with E-state index in [0.29, 0.717) is 13.0 Å². The van der Waals surface area contributed by atoms with E-state index in [1.54, 1.807) is 0 Å². The Morgan fingerprint density at radius 3 is 2.45 bits per heavy atom. The maximum Gasteiger partial charge on any atom is 0.314 e. The number of nitrogens with two attached hydrogens (primary N) is 2. The number of carboxylic acid groups (broad SMARTS) is 1. The molecule has 0 heterocycles. The molecule has 11 heavy (non-hydrogen) atoms. The lowest BCUT2D eigenvalue weighted by Crippen LogP contribution is -2.48. The number of aliphatic carboxylic acids is 1. The van der Waals surface area contributed by atoms with Crippen LogP contribution in [0.2, 0.25) is 0 Å². The molecule has 5 heteroatoms. The van der Waals surface area contributed by atoms with Gasteiger partial charge < -0.3 is 16.6 Å². The van der Waals surface area contributed by atoms with E-state index in [-0.39, 0.29) is 6.42 Å². The number of rotatable bonds is 5. The van der Waals surface area contributed by atoms with Crippen molar-refractivity contribution >= 4 is 13.8 Å². The maximum atomic E-state index is 10.3. The van der Waals surface area contributed by atoms with Crippen LogP contribution in [0.15, 0.2) is 0 Å². The Balaban J connectivity index is 3.64. The lowest BCUT2D eigenvalue weighted by molar-refractivity contribution is -0.140. The molecule has 0 saturated carbocycles. The van der Waals surface area contributed by atoms with Crippen LogP contribution < -0.4 is 11.5 Å². The van der Waals surface area contributed by atoms with Crippen LogP contribution in [0.25, 0.3) is 0 Å². The summed E-state index contributed by atoms with van der Waals surface area (Å²) in [6.07, 6.45) is 1.67. The van der Waals surface area contributed by atoms with Gasteiger partial charge in [-0.3, -0.25) is 4.79 Å². The van der Waals surface area contributed by atoms with Crippen LogP contribution in [-0.2, 0) is 4.79 Å². The predicted molar refractivity (Wildman–Crippen MR) is 43.2 cm³/mol. The van der Waals surface area contributed by atoms with Gasteiger partial charge in [0, 0.05) is 0 Å². The molecular weight excluding hydrogens is 143 g/mol. The summed E-state index contributed by atoms with van der Waals surface area (Å²) < 4.78 is 0. The molecule has 4 nitrogen and oxygen atoms in total. The van der Waals surface area contributed by atoms with Crippen LogP contribution >= 0.6 is 0 Å². The normalized spacial score (nSPS) is 15.8. The molecule has 0 aliphatic heterocycles. The Hall–Kier alpha value is -0.545. The van der Waals surface area contributed by atoms with Crippen molar-refractivity contribution in [2.75, 3.05) is 6.54 Å². The van der Waals surface area contributed by atoms with E-state index in [4.69, 9.17) is 24.4 Å². The van der Waals surface area contributed by atoms with Crippen LogP contribution in [0.5, 0.6) is 0 Å². The summed E-state index contributed by atoms with van der Waals surface area (Å²) in [5, 5.41) is 8.46. The molecule has 5 N–H and O–H groups in total. The molecule has 0 amide bonds. The summed E-state index contributed by atoms with van der Waals surface area (Å²) in [4.78, 5) is 10.3. The van der Waals surface area contributed by atoms with E-state index in [1.165, 1.54) is 0 Å². The molecule has 0 saturated heterocycles. The quantitative estimate of drug-likeness (QED) is 0.352. The van der Waals surface area contributed by atoms with Crippen LogP contribution in [0.4, 0.5) is 0 Å². The molecule has 0 fully saturated rings. The molecule has 1 atom stereocenters. The number of unbranched alkanes of at least 4 members (excludes halogenated alkanes) is 1. The summed E-state index contributed by atoms with van der Waals surface area (Å²) in [6.45, 7) is 0.537. The second kappa shape index (κ2) is 4.36. The molecule has 0 rings (SSSR count). The molecule has 0 spiro atoms. The Kier molecular flexibility index (Phi) is 4.14. The Morgan fingerprint density at radius 2 is 2.09 bits per heavy atom. The Labute approximate surface area is 67.4 Å². The first kappa shape index (κ1) is 10.5. The molecule has 62 valence electrons. The average molecular weight is 156 g/mol. The van der Waals surface area contributed by atoms with Crippen LogP contribution in [-0.4, -0.2) is 30.9 Å². The maximum absolute atomic E-state index is 10.3. The van der Waals surface area contributed by atoms with Gasteiger partial charge in [-0.2, -0.15) is 0 Å². The minimum atomic E-state index is -1.59. The summed E-state index contributed by atoms with van der Waals surface area (Å²) in [5.41, 5.74) is 8.85. The SMILES string of the molecule is [B]C(N)(CCCCN)C(=O)O. The van der Waals surface area contributed by atoms with Gasteiger partial charge in [0.2, 0.25) is 0 Å². The highest BCUT2D eigenvalue weighted by molar-refractivity contribution is 6.26. The van der Waals surface area contributed by atoms with Crippen LogP contribution in [0.3, 0.4) is 0 Å². The third-order valence-corrected chi connectivity index (χ3v) is 1.44. The molecule has 0 aromatic heterocycles.